The van der Waals surface area contributed by atoms with E-state index in [0.29, 0.717) is 12.6 Å². The van der Waals surface area contributed by atoms with Gasteiger partial charge in [0.05, 0.1) is 6.61 Å². The number of hydrogen-bond acceptors (Lipinski definition) is 3. The number of carbonyl (C=O) groups excluding carboxylic acids is 1. The summed E-state index contributed by atoms with van der Waals surface area (Å²) in [7, 11) is 0. The molecule has 94 valence electrons. The van der Waals surface area contributed by atoms with Crippen LogP contribution >= 0.6 is 0 Å². The van der Waals surface area contributed by atoms with Crippen molar-refractivity contribution in [2.75, 3.05) is 26.3 Å². The smallest absolute Gasteiger partial charge is 0.245 e. The number of unbranched alkanes of at least 4 members (excludes halogenated alkanes) is 1. The van der Waals surface area contributed by atoms with Crippen molar-refractivity contribution in [1.82, 2.24) is 10.6 Å². The summed E-state index contributed by atoms with van der Waals surface area (Å²) in [5, 5.41) is 6.23. The lowest BCUT2D eigenvalue weighted by Gasteiger charge is -2.22. The van der Waals surface area contributed by atoms with E-state index in [2.05, 4.69) is 17.6 Å². The first kappa shape index (κ1) is 13.5. The third kappa shape index (κ3) is 6.08. The van der Waals surface area contributed by atoms with Crippen LogP contribution in [-0.2, 0) is 9.53 Å². The molecule has 4 nitrogen and oxygen atoms in total. The van der Waals surface area contributed by atoms with E-state index in [4.69, 9.17) is 4.74 Å². The minimum atomic E-state index is 0.00394. The molecule has 0 aliphatic carbocycles. The fourth-order valence-electron chi connectivity index (χ4n) is 1.82. The highest BCUT2D eigenvalue weighted by atomic mass is 16.5. The number of carbonyl (C=O) groups is 1. The van der Waals surface area contributed by atoms with Gasteiger partial charge in [-0.25, -0.2) is 0 Å². The molecule has 0 aromatic carbocycles. The second-order valence-corrected chi connectivity index (χ2v) is 4.37. The van der Waals surface area contributed by atoms with E-state index in [-0.39, 0.29) is 12.5 Å². The molecule has 0 bridgehead atoms. The Balaban J connectivity index is 1.94. The molecule has 0 radical (unpaired) electrons. The summed E-state index contributed by atoms with van der Waals surface area (Å²) in [5.41, 5.74) is 0. The largest absolute Gasteiger partial charge is 0.370 e. The first-order chi connectivity index (χ1) is 7.83. The van der Waals surface area contributed by atoms with Crippen molar-refractivity contribution in [2.24, 2.45) is 0 Å². The van der Waals surface area contributed by atoms with Crippen molar-refractivity contribution >= 4 is 5.91 Å². The summed E-state index contributed by atoms with van der Waals surface area (Å²) in [6.45, 7) is 4.80. The summed E-state index contributed by atoms with van der Waals surface area (Å²) in [6, 6.07) is 0.442. The molecule has 1 amide bonds. The number of ether oxygens (including phenoxy) is 1. The lowest BCUT2D eigenvalue weighted by molar-refractivity contribution is -0.125. The molecule has 0 aromatic heterocycles. The lowest BCUT2D eigenvalue weighted by atomic mass is 10.1. The molecule has 16 heavy (non-hydrogen) atoms. The molecule has 1 rings (SSSR count). The van der Waals surface area contributed by atoms with Crippen LogP contribution in [0.5, 0.6) is 0 Å². The molecule has 2 N–H and O–H groups in total. The van der Waals surface area contributed by atoms with Crippen LogP contribution in [0.1, 0.15) is 39.0 Å². The van der Waals surface area contributed by atoms with Crippen molar-refractivity contribution in [3.63, 3.8) is 0 Å². The van der Waals surface area contributed by atoms with E-state index in [1.807, 2.05) is 0 Å². The van der Waals surface area contributed by atoms with Crippen LogP contribution in [0.4, 0.5) is 0 Å². The van der Waals surface area contributed by atoms with Gasteiger partial charge in [-0.1, -0.05) is 19.8 Å². The Morgan fingerprint density at radius 1 is 1.50 bits per heavy atom. The van der Waals surface area contributed by atoms with E-state index in [0.717, 1.165) is 32.4 Å². The summed E-state index contributed by atoms with van der Waals surface area (Å²) in [5.74, 6) is 0.00394. The predicted molar refractivity (Wildman–Crippen MR) is 64.4 cm³/mol. The predicted octanol–water partition coefficient (Wildman–Crippen LogP) is 1.06. The molecule has 1 fully saturated rings. The minimum Gasteiger partial charge on any atom is -0.370 e. The molecule has 1 aliphatic rings. The van der Waals surface area contributed by atoms with Crippen LogP contribution in [-0.4, -0.2) is 38.3 Å². The van der Waals surface area contributed by atoms with Crippen LogP contribution in [0.3, 0.4) is 0 Å². The lowest BCUT2D eigenvalue weighted by Crippen LogP contribution is -2.38. The number of amides is 1. The van der Waals surface area contributed by atoms with Crippen molar-refractivity contribution in [2.45, 2.75) is 45.1 Å². The molecule has 0 saturated carbocycles. The minimum absolute atomic E-state index is 0.00394. The van der Waals surface area contributed by atoms with Crippen molar-refractivity contribution < 1.29 is 9.53 Å². The number of rotatable bonds is 7. The Labute approximate surface area is 98.1 Å². The second-order valence-electron chi connectivity index (χ2n) is 4.37. The molecule has 1 unspecified atom stereocenters. The summed E-state index contributed by atoms with van der Waals surface area (Å²) in [4.78, 5) is 11.3. The Kier molecular flexibility index (Phi) is 7.17. The van der Waals surface area contributed by atoms with Crippen LogP contribution < -0.4 is 10.6 Å². The van der Waals surface area contributed by atoms with Gasteiger partial charge in [0.1, 0.15) is 6.61 Å². The Hall–Kier alpha value is -0.610. The van der Waals surface area contributed by atoms with Gasteiger partial charge in [-0.05, 0) is 25.8 Å². The molecular weight excluding hydrogens is 204 g/mol. The fourth-order valence-corrected chi connectivity index (χ4v) is 1.82. The van der Waals surface area contributed by atoms with Gasteiger partial charge in [-0.2, -0.15) is 0 Å². The van der Waals surface area contributed by atoms with Crippen LogP contribution in [0.25, 0.3) is 0 Å². The summed E-state index contributed by atoms with van der Waals surface area (Å²) in [6.07, 6.45) is 5.83. The maximum absolute atomic E-state index is 11.3. The average Bonchev–Trinajstić information content (AvgIpc) is 2.31. The third-order valence-corrected chi connectivity index (χ3v) is 2.82. The second kappa shape index (κ2) is 8.53. The monoisotopic (exact) mass is 228 g/mol. The number of hydrogen-bond donors (Lipinski definition) is 2. The standard InChI is InChI=1S/C12H24N2O2/c1-2-3-7-14-12(15)10-16-9-11-6-4-5-8-13-11/h11,13H,2-10H2,1H3,(H,14,15). The zero-order valence-electron chi connectivity index (χ0n) is 10.3. The first-order valence-electron chi connectivity index (χ1n) is 6.40. The van der Waals surface area contributed by atoms with Gasteiger partial charge in [0.25, 0.3) is 0 Å². The van der Waals surface area contributed by atoms with Gasteiger partial charge in [-0.15, -0.1) is 0 Å². The molecule has 1 heterocycles. The van der Waals surface area contributed by atoms with Gasteiger partial charge in [0.15, 0.2) is 0 Å². The van der Waals surface area contributed by atoms with Gasteiger partial charge >= 0.3 is 0 Å². The zero-order chi connectivity index (χ0) is 11.6. The maximum Gasteiger partial charge on any atom is 0.245 e. The summed E-state index contributed by atoms with van der Waals surface area (Å²) < 4.78 is 5.39. The van der Waals surface area contributed by atoms with Gasteiger partial charge in [0.2, 0.25) is 5.91 Å². The quantitative estimate of drug-likeness (QED) is 0.641. The van der Waals surface area contributed by atoms with Crippen molar-refractivity contribution in [1.29, 1.82) is 0 Å². The van der Waals surface area contributed by atoms with Gasteiger partial charge < -0.3 is 15.4 Å². The van der Waals surface area contributed by atoms with E-state index >= 15 is 0 Å². The van der Waals surface area contributed by atoms with E-state index in [1.165, 1.54) is 12.8 Å². The van der Waals surface area contributed by atoms with E-state index in [9.17, 15) is 4.79 Å². The topological polar surface area (TPSA) is 50.4 Å². The molecule has 0 spiro atoms. The van der Waals surface area contributed by atoms with Gasteiger partial charge in [0, 0.05) is 12.6 Å². The van der Waals surface area contributed by atoms with Crippen LogP contribution in [0.2, 0.25) is 0 Å². The molecule has 4 heteroatoms. The molecule has 1 atom stereocenters. The highest BCUT2D eigenvalue weighted by Crippen LogP contribution is 2.06. The zero-order valence-corrected chi connectivity index (χ0v) is 10.3. The van der Waals surface area contributed by atoms with Crippen molar-refractivity contribution in [3.05, 3.63) is 0 Å². The van der Waals surface area contributed by atoms with E-state index in [1.54, 1.807) is 0 Å². The normalized spacial score (nSPS) is 20.7. The average molecular weight is 228 g/mol. The SMILES string of the molecule is CCCCNC(=O)COCC1CCCCN1. The third-order valence-electron chi connectivity index (χ3n) is 2.82. The first-order valence-corrected chi connectivity index (χ1v) is 6.40. The Morgan fingerprint density at radius 3 is 3.06 bits per heavy atom. The van der Waals surface area contributed by atoms with Crippen LogP contribution in [0.15, 0.2) is 0 Å². The van der Waals surface area contributed by atoms with E-state index < -0.39 is 0 Å². The Morgan fingerprint density at radius 2 is 2.38 bits per heavy atom. The molecule has 1 saturated heterocycles. The fraction of sp³-hybridized carbons (Fsp3) is 0.917. The molecular formula is C12H24N2O2. The number of piperidine rings is 1. The van der Waals surface area contributed by atoms with Crippen LogP contribution in [0, 0.1) is 0 Å². The summed E-state index contributed by atoms with van der Waals surface area (Å²) >= 11 is 0. The highest BCUT2D eigenvalue weighted by Gasteiger charge is 2.12. The van der Waals surface area contributed by atoms with Crippen molar-refractivity contribution in [3.8, 4) is 0 Å². The molecule has 1 aliphatic heterocycles. The Bertz CT molecular complexity index is 191. The number of nitrogens with one attached hydrogen (secondary N) is 2. The maximum atomic E-state index is 11.3. The van der Waals surface area contributed by atoms with Gasteiger partial charge in [-0.3, -0.25) is 4.79 Å². The molecule has 0 aromatic rings. The highest BCUT2D eigenvalue weighted by molar-refractivity contribution is 5.77.